The monoisotopic (exact) mass is 413 g/mol. The molecule has 6 nitrogen and oxygen atoms in total. The number of hydrogen-bond acceptors (Lipinski definition) is 6. The highest BCUT2D eigenvalue weighted by Gasteiger charge is 2.18. The van der Waals surface area contributed by atoms with Crippen molar-refractivity contribution in [1.29, 1.82) is 0 Å². The molecule has 0 unspecified atom stereocenters. The molecule has 0 saturated carbocycles. The van der Waals surface area contributed by atoms with Crippen LogP contribution in [0.5, 0.6) is 5.75 Å². The van der Waals surface area contributed by atoms with E-state index in [1.54, 1.807) is 0 Å². The lowest BCUT2D eigenvalue weighted by molar-refractivity contribution is 0.354. The summed E-state index contributed by atoms with van der Waals surface area (Å²) in [6, 6.07) is 4.15. The highest BCUT2D eigenvalue weighted by Crippen LogP contribution is 2.34. The van der Waals surface area contributed by atoms with Crippen LogP contribution >= 0.6 is 31.9 Å². The molecule has 0 aliphatic carbocycles. The zero-order valence-electron chi connectivity index (χ0n) is 11.0. The normalized spacial score (nSPS) is 12.7. The number of rotatable bonds is 4. The predicted molar refractivity (Wildman–Crippen MR) is 88.2 cm³/mol. The highest BCUT2D eigenvalue weighted by atomic mass is 79.9. The number of nitrogens with two attached hydrogens (primary N) is 1. The number of benzene rings is 1. The van der Waals surface area contributed by atoms with E-state index in [-0.39, 0.29) is 0 Å². The summed E-state index contributed by atoms with van der Waals surface area (Å²) in [5.41, 5.74) is 4.83. The molecule has 0 radical (unpaired) electrons. The first-order valence-electron chi connectivity index (χ1n) is 6.34. The van der Waals surface area contributed by atoms with Crippen molar-refractivity contribution in [2.75, 3.05) is 17.3 Å². The minimum absolute atomic E-state index is 0.531. The summed E-state index contributed by atoms with van der Waals surface area (Å²) in [6.45, 7) is 1.33. The third-order valence-corrected chi connectivity index (χ3v) is 4.41. The van der Waals surface area contributed by atoms with Crippen molar-refractivity contribution in [3.63, 3.8) is 0 Å². The number of halogens is 2. The van der Waals surface area contributed by atoms with Gasteiger partial charge in [0.1, 0.15) is 22.4 Å². The van der Waals surface area contributed by atoms with E-state index in [2.05, 4.69) is 58.6 Å². The van der Waals surface area contributed by atoms with Gasteiger partial charge < -0.3 is 15.5 Å². The van der Waals surface area contributed by atoms with Gasteiger partial charge in [0.25, 0.3) is 0 Å². The first-order chi connectivity index (χ1) is 10.2. The molecule has 0 saturated heterocycles. The fourth-order valence-electron chi connectivity index (χ4n) is 2.25. The molecule has 0 bridgehead atoms. The fraction of sp³-hybridized carbons (Fsp3) is 0.231. The molecular weight excluding hydrogens is 402 g/mol. The maximum absolute atomic E-state index is 5.71. The average molecular weight is 415 g/mol. The van der Waals surface area contributed by atoms with E-state index in [1.807, 2.05) is 6.07 Å². The van der Waals surface area contributed by atoms with Gasteiger partial charge in [-0.15, -0.1) is 0 Å². The number of nitrogen functional groups attached to an aromatic ring is 1. The first-order valence-corrected chi connectivity index (χ1v) is 7.92. The van der Waals surface area contributed by atoms with Crippen LogP contribution in [0.15, 0.2) is 27.4 Å². The summed E-state index contributed by atoms with van der Waals surface area (Å²) in [7, 11) is 0. The van der Waals surface area contributed by atoms with Crippen LogP contribution in [0.3, 0.4) is 0 Å². The van der Waals surface area contributed by atoms with Gasteiger partial charge in [-0.3, -0.25) is 0 Å². The van der Waals surface area contributed by atoms with Crippen molar-refractivity contribution in [3.05, 3.63) is 38.5 Å². The molecule has 8 heteroatoms. The van der Waals surface area contributed by atoms with Gasteiger partial charge in [-0.1, -0.05) is 15.9 Å². The average Bonchev–Trinajstić information content (AvgIpc) is 2.94. The molecule has 1 aromatic heterocycles. The number of aromatic nitrogens is 2. The number of hydrogen-bond donors (Lipinski definition) is 3. The Hall–Kier alpha value is -1.38. The zero-order chi connectivity index (χ0) is 14.8. The van der Waals surface area contributed by atoms with Crippen molar-refractivity contribution in [3.8, 4) is 5.75 Å². The van der Waals surface area contributed by atoms with Gasteiger partial charge >= 0.3 is 0 Å². The van der Waals surface area contributed by atoms with Crippen LogP contribution < -0.4 is 21.3 Å². The number of hydrazine groups is 1. The van der Waals surface area contributed by atoms with E-state index >= 15 is 0 Å². The van der Waals surface area contributed by atoms with Crippen LogP contribution in [0, 0.1) is 0 Å². The van der Waals surface area contributed by atoms with E-state index in [9.17, 15) is 0 Å². The van der Waals surface area contributed by atoms with Crippen molar-refractivity contribution >= 4 is 43.5 Å². The lowest BCUT2D eigenvalue weighted by Crippen LogP contribution is -2.11. The minimum Gasteiger partial charge on any atom is -0.493 e. The molecule has 1 aromatic carbocycles. The van der Waals surface area contributed by atoms with E-state index in [0.29, 0.717) is 22.7 Å². The number of fused-ring (bicyclic) bond motifs is 1. The molecule has 1 aliphatic rings. The second-order valence-corrected chi connectivity index (χ2v) is 6.24. The molecule has 2 heterocycles. The fourth-order valence-corrected chi connectivity index (χ4v) is 3.26. The Balaban J connectivity index is 1.83. The van der Waals surface area contributed by atoms with Crippen LogP contribution in [-0.2, 0) is 13.0 Å². The Morgan fingerprint density at radius 3 is 2.86 bits per heavy atom. The molecule has 110 valence electrons. The summed E-state index contributed by atoms with van der Waals surface area (Å²) in [5, 5.41) is 3.27. The third-order valence-electron chi connectivity index (χ3n) is 3.20. The van der Waals surface area contributed by atoms with Crippen molar-refractivity contribution in [2.45, 2.75) is 13.0 Å². The first kappa shape index (κ1) is 14.6. The summed E-state index contributed by atoms with van der Waals surface area (Å²) < 4.78 is 7.46. The van der Waals surface area contributed by atoms with Gasteiger partial charge in [0, 0.05) is 23.0 Å². The SMILES string of the molecule is NNc1ncnc(NCc2cc(Br)cc3c2OCC3)c1Br. The molecule has 4 N–H and O–H groups in total. The Morgan fingerprint density at radius 1 is 1.24 bits per heavy atom. The standard InChI is InChI=1S/C13H13Br2N5O/c14-9-3-7-1-2-21-11(7)8(4-9)5-17-12-10(15)13(20-16)19-6-18-12/h3-4,6H,1-2,5,16H2,(H2,17,18,19,20). The van der Waals surface area contributed by atoms with Gasteiger partial charge in [0.2, 0.25) is 0 Å². The van der Waals surface area contributed by atoms with Crippen molar-refractivity contribution in [2.24, 2.45) is 5.84 Å². The summed E-state index contributed by atoms with van der Waals surface area (Å²) in [5.74, 6) is 7.56. The van der Waals surface area contributed by atoms with Crippen molar-refractivity contribution in [1.82, 2.24) is 9.97 Å². The quantitative estimate of drug-likeness (QED) is 0.526. The second-order valence-electron chi connectivity index (χ2n) is 4.53. The summed E-state index contributed by atoms with van der Waals surface area (Å²) in [6.07, 6.45) is 2.39. The minimum atomic E-state index is 0.531. The third kappa shape index (κ3) is 2.97. The van der Waals surface area contributed by atoms with Crippen LogP contribution in [0.4, 0.5) is 11.6 Å². The molecule has 21 heavy (non-hydrogen) atoms. The van der Waals surface area contributed by atoms with Gasteiger partial charge in [0.05, 0.1) is 6.61 Å². The Bertz CT molecular complexity index is 680. The molecule has 0 spiro atoms. The summed E-state index contributed by atoms with van der Waals surface area (Å²) in [4.78, 5) is 8.22. The van der Waals surface area contributed by atoms with Crippen LogP contribution in [-0.4, -0.2) is 16.6 Å². The van der Waals surface area contributed by atoms with E-state index in [4.69, 9.17) is 10.6 Å². The summed E-state index contributed by atoms with van der Waals surface area (Å²) >= 11 is 6.96. The maximum atomic E-state index is 5.71. The molecule has 0 fully saturated rings. The topological polar surface area (TPSA) is 85.1 Å². The van der Waals surface area contributed by atoms with Gasteiger partial charge in [-0.2, -0.15) is 0 Å². The highest BCUT2D eigenvalue weighted by molar-refractivity contribution is 9.11. The van der Waals surface area contributed by atoms with Crippen molar-refractivity contribution < 1.29 is 4.74 Å². The lowest BCUT2D eigenvalue weighted by Gasteiger charge is -2.12. The molecule has 3 rings (SSSR count). The number of ether oxygens (including phenoxy) is 1. The Morgan fingerprint density at radius 2 is 2.05 bits per heavy atom. The molecule has 0 amide bonds. The lowest BCUT2D eigenvalue weighted by atomic mass is 10.1. The maximum Gasteiger partial charge on any atom is 0.159 e. The number of nitrogens with one attached hydrogen (secondary N) is 2. The largest absolute Gasteiger partial charge is 0.493 e. The number of anilines is 2. The second kappa shape index (κ2) is 6.17. The van der Waals surface area contributed by atoms with Gasteiger partial charge in [-0.05, 0) is 33.6 Å². The van der Waals surface area contributed by atoms with Gasteiger partial charge in [-0.25, -0.2) is 15.8 Å². The number of nitrogens with zero attached hydrogens (tertiary/aromatic N) is 2. The van der Waals surface area contributed by atoms with E-state index in [0.717, 1.165) is 28.8 Å². The van der Waals surface area contributed by atoms with E-state index < -0.39 is 0 Å². The molecular formula is C13H13Br2N5O. The smallest absolute Gasteiger partial charge is 0.159 e. The van der Waals surface area contributed by atoms with Crippen LogP contribution in [0.1, 0.15) is 11.1 Å². The van der Waals surface area contributed by atoms with Crippen LogP contribution in [0.2, 0.25) is 0 Å². The predicted octanol–water partition coefficient (Wildman–Crippen LogP) is 2.83. The molecule has 1 aliphatic heterocycles. The Kier molecular flexibility index (Phi) is 4.27. The van der Waals surface area contributed by atoms with E-state index in [1.165, 1.54) is 11.9 Å². The molecule has 2 aromatic rings. The Labute approximate surface area is 138 Å². The van der Waals surface area contributed by atoms with Crippen LogP contribution in [0.25, 0.3) is 0 Å². The van der Waals surface area contributed by atoms with Gasteiger partial charge in [0.15, 0.2) is 5.82 Å². The zero-order valence-corrected chi connectivity index (χ0v) is 14.2. The molecule has 0 atom stereocenters.